The number of benzene rings is 3. The highest BCUT2D eigenvalue weighted by Crippen LogP contribution is 2.20. The molecule has 12 heteroatoms. The summed E-state index contributed by atoms with van der Waals surface area (Å²) in [7, 11) is -11.9. The van der Waals surface area contributed by atoms with Gasteiger partial charge in [-0.05, 0) is 57.2 Å². The Hall–Kier alpha value is -3.57. The van der Waals surface area contributed by atoms with Crippen LogP contribution in [0.5, 0.6) is 0 Å². The highest BCUT2D eigenvalue weighted by atomic mass is 32.2. The highest BCUT2D eigenvalue weighted by Gasteiger charge is 2.26. The second kappa shape index (κ2) is 14.7. The lowest BCUT2D eigenvalue weighted by atomic mass is 10.2. The molecule has 0 radical (unpaired) electrons. The van der Waals surface area contributed by atoms with Crippen LogP contribution in [0.1, 0.15) is 16.7 Å². The molecule has 0 fully saturated rings. The van der Waals surface area contributed by atoms with Crippen molar-refractivity contribution in [1.82, 2.24) is 12.9 Å². The van der Waals surface area contributed by atoms with Crippen LogP contribution < -0.4 is 0 Å². The fraction of sp³-hybridized carbons (Fsp3) is 0.273. The molecule has 0 aromatic heterocycles. The van der Waals surface area contributed by atoms with Crippen molar-refractivity contribution in [3.8, 4) is 11.8 Å². The number of sulfonamides is 3. The number of rotatable bonds is 6. The van der Waals surface area contributed by atoms with Crippen LogP contribution in [0.25, 0.3) is 0 Å². The highest BCUT2D eigenvalue weighted by molar-refractivity contribution is 7.89. The minimum absolute atomic E-state index is 0.0317. The zero-order valence-corrected chi connectivity index (χ0v) is 27.9. The summed E-state index contributed by atoms with van der Waals surface area (Å²) in [6.07, 6.45) is 6.42. The van der Waals surface area contributed by atoms with E-state index in [1.54, 1.807) is 60.7 Å². The summed E-state index contributed by atoms with van der Waals surface area (Å²) in [6, 6.07) is 19.4. The van der Waals surface area contributed by atoms with Gasteiger partial charge < -0.3 is 0 Å². The van der Waals surface area contributed by atoms with Crippen LogP contribution in [0.2, 0.25) is 0 Å². The second-order valence-corrected chi connectivity index (χ2v) is 16.5. The van der Waals surface area contributed by atoms with Gasteiger partial charge in [0.2, 0.25) is 30.1 Å². The van der Waals surface area contributed by atoms with E-state index in [-0.39, 0.29) is 54.0 Å². The van der Waals surface area contributed by atoms with E-state index in [2.05, 4.69) is 11.8 Å². The van der Waals surface area contributed by atoms with Crippen LogP contribution in [0.15, 0.2) is 112 Å². The quantitative estimate of drug-likeness (QED) is 0.289. The molecule has 238 valence electrons. The molecule has 3 aromatic rings. The van der Waals surface area contributed by atoms with Crippen molar-refractivity contribution in [3.63, 3.8) is 0 Å². The third-order valence-corrected chi connectivity index (χ3v) is 12.7. The first kappa shape index (κ1) is 34.3. The third kappa shape index (κ3) is 8.58. The maximum atomic E-state index is 13.6. The second-order valence-electron chi connectivity index (χ2n) is 10.7. The molecule has 0 unspecified atom stereocenters. The van der Waals surface area contributed by atoms with Crippen molar-refractivity contribution in [1.29, 1.82) is 0 Å². The van der Waals surface area contributed by atoms with E-state index in [0.29, 0.717) is 0 Å². The Kier molecular flexibility index (Phi) is 11.2. The van der Waals surface area contributed by atoms with Gasteiger partial charge in [0.15, 0.2) is 0 Å². The van der Waals surface area contributed by atoms with Crippen LogP contribution in [0, 0.1) is 32.6 Å². The van der Waals surface area contributed by atoms with Crippen molar-refractivity contribution in [2.75, 3.05) is 39.3 Å². The molecule has 1 aliphatic rings. The Labute approximate surface area is 267 Å². The zero-order valence-electron chi connectivity index (χ0n) is 25.5. The van der Waals surface area contributed by atoms with Crippen LogP contribution in [-0.2, 0) is 30.1 Å². The molecule has 1 aliphatic heterocycles. The molecule has 0 bridgehead atoms. The van der Waals surface area contributed by atoms with Crippen molar-refractivity contribution in [2.24, 2.45) is 0 Å². The van der Waals surface area contributed by atoms with Gasteiger partial charge >= 0.3 is 0 Å². The lowest BCUT2D eigenvalue weighted by molar-refractivity contribution is 0.466. The number of hydrogen-bond donors (Lipinski definition) is 0. The largest absolute Gasteiger partial charge is 0.244 e. The third-order valence-electron chi connectivity index (χ3n) is 7.18. The van der Waals surface area contributed by atoms with Crippen LogP contribution >= 0.6 is 0 Å². The number of aryl methyl sites for hydroxylation is 3. The monoisotopic (exact) mass is 667 g/mol. The first-order chi connectivity index (χ1) is 21.3. The maximum absolute atomic E-state index is 13.6. The minimum Gasteiger partial charge on any atom is -0.207 e. The predicted molar refractivity (Wildman–Crippen MR) is 176 cm³/mol. The molecule has 0 atom stereocenters. The van der Waals surface area contributed by atoms with E-state index in [4.69, 9.17) is 0 Å². The molecule has 45 heavy (non-hydrogen) atoms. The van der Waals surface area contributed by atoms with Gasteiger partial charge in [-0.25, -0.2) is 25.3 Å². The molecule has 0 N–H and O–H groups in total. The Morgan fingerprint density at radius 1 is 0.422 bits per heavy atom. The SMILES string of the molecule is Cc1ccc(S(=O)(=O)N2CC#CCN(S(=O)(=O)c3ccc(C)cc3)C/C=C/CN(S(=O)(=O)c3ccc(C)cc3)C/C=C/C2)cc1. The van der Waals surface area contributed by atoms with Crippen LogP contribution in [0.4, 0.5) is 0 Å². The molecule has 0 saturated heterocycles. The van der Waals surface area contributed by atoms with E-state index in [1.165, 1.54) is 49.3 Å². The summed E-state index contributed by atoms with van der Waals surface area (Å²) in [4.78, 5) is 0.309. The van der Waals surface area contributed by atoms with Crippen LogP contribution in [0.3, 0.4) is 0 Å². The van der Waals surface area contributed by atoms with Crippen molar-refractivity contribution in [2.45, 2.75) is 35.5 Å². The Morgan fingerprint density at radius 2 is 0.667 bits per heavy atom. The zero-order chi connectivity index (χ0) is 32.7. The first-order valence-corrected chi connectivity index (χ1v) is 18.6. The summed E-state index contributed by atoms with van der Waals surface area (Å²) in [5, 5.41) is 0. The van der Waals surface area contributed by atoms with Gasteiger partial charge in [0, 0.05) is 26.2 Å². The molecule has 9 nitrogen and oxygen atoms in total. The average Bonchev–Trinajstić information content (AvgIpc) is 3.01. The molecule has 0 amide bonds. The molecule has 0 aliphatic carbocycles. The molecule has 4 rings (SSSR count). The molecule has 0 spiro atoms. The topological polar surface area (TPSA) is 112 Å². The number of nitrogens with zero attached hydrogens (tertiary/aromatic N) is 3. The normalized spacial score (nSPS) is 18.2. The van der Waals surface area contributed by atoms with E-state index in [9.17, 15) is 25.3 Å². The Morgan fingerprint density at radius 3 is 0.956 bits per heavy atom. The Balaban J connectivity index is 1.71. The summed E-state index contributed by atoms with van der Waals surface area (Å²) in [5.74, 6) is 5.68. The smallest absolute Gasteiger partial charge is 0.207 e. The summed E-state index contributed by atoms with van der Waals surface area (Å²) < 4.78 is 85.1. The van der Waals surface area contributed by atoms with Crippen molar-refractivity contribution >= 4 is 30.1 Å². The predicted octanol–water partition coefficient (Wildman–Crippen LogP) is 4.11. The maximum Gasteiger partial charge on any atom is 0.244 e. The Bertz CT molecular complexity index is 1820. The van der Waals surface area contributed by atoms with E-state index >= 15 is 0 Å². The van der Waals surface area contributed by atoms with Gasteiger partial charge in [-0.3, -0.25) is 0 Å². The van der Waals surface area contributed by atoms with Gasteiger partial charge in [-0.2, -0.15) is 12.9 Å². The fourth-order valence-electron chi connectivity index (χ4n) is 4.40. The lowest BCUT2D eigenvalue weighted by Crippen LogP contribution is -2.33. The van der Waals surface area contributed by atoms with E-state index in [0.717, 1.165) is 16.7 Å². The van der Waals surface area contributed by atoms with Crippen LogP contribution in [-0.4, -0.2) is 77.4 Å². The molecular formula is C33H37N3O6S3. The van der Waals surface area contributed by atoms with Gasteiger partial charge in [0.05, 0.1) is 27.8 Å². The van der Waals surface area contributed by atoms with Gasteiger partial charge in [0.1, 0.15) is 0 Å². The van der Waals surface area contributed by atoms with Gasteiger partial charge in [-0.15, -0.1) is 0 Å². The van der Waals surface area contributed by atoms with Gasteiger partial charge in [-0.1, -0.05) is 89.2 Å². The lowest BCUT2D eigenvalue weighted by Gasteiger charge is -2.21. The average molecular weight is 668 g/mol. The minimum atomic E-state index is -3.97. The molecule has 0 saturated carbocycles. The summed E-state index contributed by atoms with van der Waals surface area (Å²) >= 11 is 0. The fourth-order valence-corrected chi connectivity index (χ4v) is 8.33. The van der Waals surface area contributed by atoms with E-state index in [1.807, 2.05) is 20.8 Å². The van der Waals surface area contributed by atoms with E-state index < -0.39 is 30.1 Å². The summed E-state index contributed by atoms with van der Waals surface area (Å²) in [6.45, 7) is 5.00. The van der Waals surface area contributed by atoms with Crippen molar-refractivity contribution in [3.05, 3.63) is 114 Å². The first-order valence-electron chi connectivity index (χ1n) is 14.3. The molecule has 3 aromatic carbocycles. The van der Waals surface area contributed by atoms with Gasteiger partial charge in [0.25, 0.3) is 0 Å². The summed E-state index contributed by atoms with van der Waals surface area (Å²) in [5.41, 5.74) is 2.73. The van der Waals surface area contributed by atoms with Crippen molar-refractivity contribution < 1.29 is 25.3 Å². The number of hydrogen-bond acceptors (Lipinski definition) is 6. The standard InChI is InChI=1S/C33H37N3O6S3/c1-28-10-16-31(17-11-28)43(37,38)34-22-4-6-24-35(44(39,40)32-18-12-29(2)13-19-32)26-8-9-27-36(25-7-5-23-34)45(41,42)33-20-14-30(3)15-21-33/h4-7,10-21H,22-27H2,1-3H3/b6-4+,7-5+. The molecular weight excluding hydrogens is 631 g/mol. The molecule has 1 heterocycles.